The van der Waals surface area contributed by atoms with E-state index in [-0.39, 0.29) is 0 Å². The van der Waals surface area contributed by atoms with Gasteiger partial charge in [0.1, 0.15) is 0 Å². The standard InChI is InChI=1S/C12H23NO/c1-3-5-6-7-8-9-10-11-12(4-2)13-14/h4,14H,2-3,5-11H2,1H3. The van der Waals surface area contributed by atoms with Gasteiger partial charge in [0.25, 0.3) is 0 Å². The minimum absolute atomic E-state index is 0.707. The third-order valence-corrected chi connectivity index (χ3v) is 2.40. The van der Waals surface area contributed by atoms with Crippen LogP contribution in [0.15, 0.2) is 17.8 Å². The average molecular weight is 197 g/mol. The summed E-state index contributed by atoms with van der Waals surface area (Å²) in [6, 6.07) is 0. The van der Waals surface area contributed by atoms with E-state index in [2.05, 4.69) is 18.7 Å². The number of rotatable bonds is 9. The van der Waals surface area contributed by atoms with E-state index in [4.69, 9.17) is 5.21 Å². The van der Waals surface area contributed by atoms with Crippen LogP contribution in [0.25, 0.3) is 0 Å². The monoisotopic (exact) mass is 197 g/mol. The number of hydrogen-bond acceptors (Lipinski definition) is 2. The molecule has 2 nitrogen and oxygen atoms in total. The topological polar surface area (TPSA) is 32.6 Å². The van der Waals surface area contributed by atoms with Gasteiger partial charge in [-0.05, 0) is 18.9 Å². The summed E-state index contributed by atoms with van der Waals surface area (Å²) < 4.78 is 0. The first kappa shape index (κ1) is 13.2. The Hall–Kier alpha value is -0.790. The van der Waals surface area contributed by atoms with E-state index >= 15 is 0 Å². The third kappa shape index (κ3) is 7.84. The minimum Gasteiger partial charge on any atom is -0.411 e. The molecule has 2 heteroatoms. The van der Waals surface area contributed by atoms with Crippen LogP contribution < -0.4 is 0 Å². The largest absolute Gasteiger partial charge is 0.411 e. The normalized spacial score (nSPS) is 11.6. The average Bonchev–Trinajstić information content (AvgIpc) is 2.22. The number of allylic oxidation sites excluding steroid dienone is 1. The van der Waals surface area contributed by atoms with E-state index < -0.39 is 0 Å². The predicted octanol–water partition coefficient (Wildman–Crippen LogP) is 4.14. The fourth-order valence-corrected chi connectivity index (χ4v) is 1.46. The molecule has 0 unspecified atom stereocenters. The van der Waals surface area contributed by atoms with Crippen LogP contribution in [-0.4, -0.2) is 10.9 Å². The van der Waals surface area contributed by atoms with Crippen LogP contribution in [0, 0.1) is 0 Å². The maximum atomic E-state index is 8.52. The van der Waals surface area contributed by atoms with Crippen molar-refractivity contribution in [1.29, 1.82) is 0 Å². The van der Waals surface area contributed by atoms with E-state index in [0.29, 0.717) is 5.71 Å². The van der Waals surface area contributed by atoms with Gasteiger partial charge in [-0.1, -0.05) is 57.2 Å². The minimum atomic E-state index is 0.707. The molecule has 14 heavy (non-hydrogen) atoms. The highest BCUT2D eigenvalue weighted by Crippen LogP contribution is 2.08. The zero-order valence-electron chi connectivity index (χ0n) is 9.34. The highest BCUT2D eigenvalue weighted by atomic mass is 16.4. The van der Waals surface area contributed by atoms with Crippen molar-refractivity contribution < 1.29 is 5.21 Å². The Morgan fingerprint density at radius 1 is 1.14 bits per heavy atom. The summed E-state index contributed by atoms with van der Waals surface area (Å²) >= 11 is 0. The molecule has 0 aromatic carbocycles. The lowest BCUT2D eigenvalue weighted by Gasteiger charge is -2.00. The number of hydrogen-bond donors (Lipinski definition) is 1. The molecular formula is C12H23NO. The van der Waals surface area contributed by atoms with Crippen LogP contribution in [-0.2, 0) is 0 Å². The molecule has 0 aromatic rings. The molecule has 0 saturated carbocycles. The van der Waals surface area contributed by atoms with Gasteiger partial charge in [0.05, 0.1) is 5.71 Å². The Balaban J connectivity index is 3.17. The number of oxime groups is 1. The van der Waals surface area contributed by atoms with Crippen LogP contribution in [0.4, 0.5) is 0 Å². The Kier molecular flexibility index (Phi) is 9.71. The van der Waals surface area contributed by atoms with Crippen LogP contribution in [0.3, 0.4) is 0 Å². The summed E-state index contributed by atoms with van der Waals surface area (Å²) in [7, 11) is 0. The highest BCUT2D eigenvalue weighted by molar-refractivity contribution is 5.93. The molecule has 0 rings (SSSR count). The molecule has 0 aliphatic heterocycles. The maximum absolute atomic E-state index is 8.52. The number of nitrogens with zero attached hydrogens (tertiary/aromatic N) is 1. The van der Waals surface area contributed by atoms with Crippen molar-refractivity contribution in [2.75, 3.05) is 0 Å². The summed E-state index contributed by atoms with van der Waals surface area (Å²) in [5, 5.41) is 11.7. The predicted molar refractivity (Wildman–Crippen MR) is 62.0 cm³/mol. The lowest BCUT2D eigenvalue weighted by molar-refractivity contribution is 0.318. The zero-order chi connectivity index (χ0) is 10.6. The van der Waals surface area contributed by atoms with Gasteiger partial charge in [0, 0.05) is 0 Å². The molecule has 0 amide bonds. The fourth-order valence-electron chi connectivity index (χ4n) is 1.46. The molecule has 0 aliphatic rings. The van der Waals surface area contributed by atoms with Gasteiger partial charge >= 0.3 is 0 Å². The van der Waals surface area contributed by atoms with Gasteiger partial charge in [0.15, 0.2) is 0 Å². The first-order valence-electron chi connectivity index (χ1n) is 5.68. The second kappa shape index (κ2) is 10.3. The van der Waals surface area contributed by atoms with Crippen molar-refractivity contribution >= 4 is 5.71 Å². The molecule has 82 valence electrons. The van der Waals surface area contributed by atoms with Crippen LogP contribution in [0.2, 0.25) is 0 Å². The smallest absolute Gasteiger partial charge is 0.0789 e. The second-order valence-corrected chi connectivity index (χ2v) is 3.67. The molecule has 0 heterocycles. The Morgan fingerprint density at radius 3 is 2.21 bits per heavy atom. The van der Waals surface area contributed by atoms with Gasteiger partial charge in [-0.25, -0.2) is 0 Å². The summed E-state index contributed by atoms with van der Waals surface area (Å²) in [5.74, 6) is 0. The number of unbranched alkanes of at least 4 members (excludes halogenated alkanes) is 6. The van der Waals surface area contributed by atoms with E-state index in [9.17, 15) is 0 Å². The van der Waals surface area contributed by atoms with Crippen LogP contribution in [0.1, 0.15) is 58.3 Å². The quantitative estimate of drug-likeness (QED) is 0.256. The Bertz CT molecular complexity index is 164. The van der Waals surface area contributed by atoms with Crippen molar-refractivity contribution in [2.45, 2.75) is 58.3 Å². The molecule has 0 saturated heterocycles. The first-order chi connectivity index (χ1) is 6.85. The Morgan fingerprint density at radius 2 is 1.71 bits per heavy atom. The van der Waals surface area contributed by atoms with E-state index in [1.165, 1.54) is 38.5 Å². The van der Waals surface area contributed by atoms with Crippen molar-refractivity contribution in [2.24, 2.45) is 5.16 Å². The zero-order valence-corrected chi connectivity index (χ0v) is 9.34. The summed E-state index contributed by atoms with van der Waals surface area (Å²) in [6.45, 7) is 5.81. The SMILES string of the molecule is C=CC(CCCCCCCCC)=NO. The fraction of sp³-hybridized carbons (Fsp3) is 0.750. The van der Waals surface area contributed by atoms with Gasteiger partial charge in [-0.2, -0.15) is 0 Å². The second-order valence-electron chi connectivity index (χ2n) is 3.67. The van der Waals surface area contributed by atoms with E-state index in [1.54, 1.807) is 6.08 Å². The molecule has 0 fully saturated rings. The lowest BCUT2D eigenvalue weighted by Crippen LogP contribution is -1.92. The molecule has 0 atom stereocenters. The van der Waals surface area contributed by atoms with Crippen LogP contribution >= 0.6 is 0 Å². The third-order valence-electron chi connectivity index (χ3n) is 2.40. The van der Waals surface area contributed by atoms with E-state index in [0.717, 1.165) is 12.8 Å². The first-order valence-corrected chi connectivity index (χ1v) is 5.68. The molecule has 0 aromatic heterocycles. The van der Waals surface area contributed by atoms with Crippen molar-refractivity contribution in [3.63, 3.8) is 0 Å². The van der Waals surface area contributed by atoms with Gasteiger partial charge in [0.2, 0.25) is 0 Å². The maximum Gasteiger partial charge on any atom is 0.0789 e. The molecule has 0 spiro atoms. The Labute approximate surface area is 87.7 Å². The van der Waals surface area contributed by atoms with Crippen molar-refractivity contribution in [3.8, 4) is 0 Å². The molecular weight excluding hydrogens is 174 g/mol. The molecule has 1 N–H and O–H groups in total. The summed E-state index contributed by atoms with van der Waals surface area (Å²) in [6.07, 6.45) is 11.5. The van der Waals surface area contributed by atoms with E-state index in [1.807, 2.05) is 0 Å². The van der Waals surface area contributed by atoms with Crippen molar-refractivity contribution in [1.82, 2.24) is 0 Å². The molecule has 0 aliphatic carbocycles. The van der Waals surface area contributed by atoms with Gasteiger partial charge < -0.3 is 5.21 Å². The van der Waals surface area contributed by atoms with Gasteiger partial charge in [-0.3, -0.25) is 0 Å². The van der Waals surface area contributed by atoms with Gasteiger partial charge in [-0.15, -0.1) is 0 Å². The van der Waals surface area contributed by atoms with Crippen LogP contribution in [0.5, 0.6) is 0 Å². The molecule has 0 bridgehead atoms. The van der Waals surface area contributed by atoms with Crippen molar-refractivity contribution in [3.05, 3.63) is 12.7 Å². The highest BCUT2D eigenvalue weighted by Gasteiger charge is 1.95. The summed E-state index contributed by atoms with van der Waals surface area (Å²) in [5.41, 5.74) is 0.707. The lowest BCUT2D eigenvalue weighted by atomic mass is 10.1. The molecule has 0 radical (unpaired) electrons. The summed E-state index contributed by atoms with van der Waals surface area (Å²) in [4.78, 5) is 0.